The van der Waals surface area contributed by atoms with E-state index in [1.807, 2.05) is 34.6 Å². The predicted molar refractivity (Wildman–Crippen MR) is 107 cm³/mol. The monoisotopic (exact) mass is 398 g/mol. The Labute approximate surface area is 169 Å². The van der Waals surface area contributed by atoms with Crippen LogP contribution in [0, 0.1) is 17.3 Å². The smallest absolute Gasteiger partial charge is 0.335 e. The third-order valence-electron chi connectivity index (χ3n) is 5.25. The van der Waals surface area contributed by atoms with Crippen molar-refractivity contribution in [1.29, 1.82) is 0 Å². The number of carbonyl (C=O) groups excluding carboxylic acids is 3. The average Bonchev–Trinajstić information content (AvgIpc) is 2.62. The van der Waals surface area contributed by atoms with E-state index in [-0.39, 0.29) is 17.9 Å². The van der Waals surface area contributed by atoms with E-state index in [0.29, 0.717) is 6.42 Å². The van der Waals surface area contributed by atoms with Crippen LogP contribution in [0.25, 0.3) is 0 Å². The van der Waals surface area contributed by atoms with E-state index in [1.54, 1.807) is 0 Å². The van der Waals surface area contributed by atoms with E-state index in [4.69, 9.17) is 0 Å². The number of amides is 2. The quantitative estimate of drug-likeness (QED) is 0.544. The van der Waals surface area contributed by atoms with E-state index in [2.05, 4.69) is 15.4 Å². The summed E-state index contributed by atoms with van der Waals surface area (Å²) in [6, 6.07) is -0.628. The van der Waals surface area contributed by atoms with Crippen molar-refractivity contribution in [2.45, 2.75) is 91.3 Å². The van der Waals surface area contributed by atoms with Crippen LogP contribution in [-0.2, 0) is 19.1 Å². The maximum absolute atomic E-state index is 12.9. The molecule has 0 bridgehead atoms. The molecule has 28 heavy (non-hydrogen) atoms. The number of rotatable bonds is 8. The number of aliphatic hydroxyl groups excluding tert-OH is 1. The van der Waals surface area contributed by atoms with Crippen molar-refractivity contribution < 1.29 is 24.2 Å². The first kappa shape index (κ1) is 24.4. The third-order valence-corrected chi connectivity index (χ3v) is 5.25. The highest BCUT2D eigenvalue weighted by Gasteiger charge is 2.39. The molecule has 0 aliphatic heterocycles. The summed E-state index contributed by atoms with van der Waals surface area (Å²) in [5.41, 5.74) is -0.521. The third kappa shape index (κ3) is 7.41. The van der Waals surface area contributed by atoms with Gasteiger partial charge in [-0.15, -0.1) is 0 Å². The van der Waals surface area contributed by atoms with Crippen molar-refractivity contribution in [2.75, 3.05) is 7.11 Å². The fourth-order valence-corrected chi connectivity index (χ4v) is 3.63. The molecule has 1 unspecified atom stereocenters. The van der Waals surface area contributed by atoms with Gasteiger partial charge in [-0.1, -0.05) is 53.9 Å². The van der Waals surface area contributed by atoms with Crippen LogP contribution in [0.4, 0.5) is 0 Å². The molecule has 0 saturated heterocycles. The first-order chi connectivity index (χ1) is 13.0. The molecule has 0 heterocycles. The lowest BCUT2D eigenvalue weighted by atomic mass is 9.84. The van der Waals surface area contributed by atoms with Gasteiger partial charge in [-0.2, -0.15) is 0 Å². The lowest BCUT2D eigenvalue weighted by Gasteiger charge is -2.34. The second-order valence-corrected chi connectivity index (χ2v) is 9.36. The fourth-order valence-electron chi connectivity index (χ4n) is 3.63. The number of carbonyl (C=O) groups is 3. The second-order valence-electron chi connectivity index (χ2n) is 9.36. The molecule has 3 atom stereocenters. The predicted octanol–water partition coefficient (Wildman–Crippen LogP) is 2.16. The van der Waals surface area contributed by atoms with Crippen LogP contribution in [0.2, 0.25) is 0 Å². The number of nitrogens with one attached hydrogen (secondary N) is 2. The van der Waals surface area contributed by atoms with E-state index >= 15 is 0 Å². The van der Waals surface area contributed by atoms with Gasteiger partial charge in [0.1, 0.15) is 6.04 Å². The average molecular weight is 399 g/mol. The van der Waals surface area contributed by atoms with Gasteiger partial charge >= 0.3 is 5.97 Å². The summed E-state index contributed by atoms with van der Waals surface area (Å²) < 4.78 is 4.60. The molecule has 0 radical (unpaired) electrons. The van der Waals surface area contributed by atoms with Gasteiger partial charge in [0.05, 0.1) is 13.0 Å². The Morgan fingerprint density at radius 1 is 1.07 bits per heavy atom. The first-order valence-electron chi connectivity index (χ1n) is 10.3. The highest BCUT2D eigenvalue weighted by atomic mass is 16.5. The molecular weight excluding hydrogens is 360 g/mol. The molecule has 2 amide bonds. The molecule has 162 valence electrons. The summed E-state index contributed by atoms with van der Waals surface area (Å²) in [5, 5.41) is 16.1. The molecule has 1 aliphatic rings. The summed E-state index contributed by atoms with van der Waals surface area (Å²) in [7, 11) is 1.17. The molecule has 7 heteroatoms. The van der Waals surface area contributed by atoms with Crippen LogP contribution in [0.3, 0.4) is 0 Å². The van der Waals surface area contributed by atoms with Gasteiger partial charge in [-0.05, 0) is 30.6 Å². The van der Waals surface area contributed by atoms with Crippen LogP contribution in [0.5, 0.6) is 0 Å². The van der Waals surface area contributed by atoms with Crippen LogP contribution in [0.15, 0.2) is 0 Å². The summed E-state index contributed by atoms with van der Waals surface area (Å²) in [6.45, 7) is 9.45. The number of hydrogen-bond acceptors (Lipinski definition) is 5. The zero-order valence-electron chi connectivity index (χ0n) is 18.2. The van der Waals surface area contributed by atoms with Gasteiger partial charge < -0.3 is 20.5 Å². The number of methoxy groups -OCH3 is 1. The van der Waals surface area contributed by atoms with Crippen LogP contribution in [0.1, 0.15) is 73.1 Å². The maximum Gasteiger partial charge on any atom is 0.335 e. The Bertz CT molecular complexity index is 535. The minimum absolute atomic E-state index is 0.0826. The van der Waals surface area contributed by atoms with Gasteiger partial charge in [-0.25, -0.2) is 4.79 Å². The maximum atomic E-state index is 12.9. The van der Waals surface area contributed by atoms with E-state index in [9.17, 15) is 19.5 Å². The lowest BCUT2D eigenvalue weighted by molar-refractivity contribution is -0.157. The SMILES string of the molecule is COC(=O)[C@@H](O)[C@@H](CC(C)C)C(=O)NC(C(=O)NC1CCCCC1)C(C)(C)C. The Morgan fingerprint density at radius 2 is 1.64 bits per heavy atom. The summed E-state index contributed by atoms with van der Waals surface area (Å²) in [5.74, 6) is -2.47. The molecule has 0 aromatic rings. The number of ether oxygens (including phenoxy) is 1. The largest absolute Gasteiger partial charge is 0.467 e. The van der Waals surface area contributed by atoms with E-state index in [1.165, 1.54) is 13.5 Å². The van der Waals surface area contributed by atoms with Gasteiger partial charge in [0.15, 0.2) is 6.10 Å². The van der Waals surface area contributed by atoms with Crippen molar-refractivity contribution in [1.82, 2.24) is 10.6 Å². The van der Waals surface area contributed by atoms with Gasteiger partial charge in [0, 0.05) is 6.04 Å². The molecule has 0 aromatic carbocycles. The Hall–Kier alpha value is -1.63. The molecule has 7 nitrogen and oxygen atoms in total. The summed E-state index contributed by atoms with van der Waals surface area (Å²) in [6.07, 6.45) is 4.03. The van der Waals surface area contributed by atoms with Crippen molar-refractivity contribution in [3.63, 3.8) is 0 Å². The topological polar surface area (TPSA) is 105 Å². The molecule has 1 fully saturated rings. The van der Waals surface area contributed by atoms with E-state index < -0.39 is 35.4 Å². The van der Waals surface area contributed by atoms with Crippen LogP contribution < -0.4 is 10.6 Å². The molecule has 0 spiro atoms. The number of esters is 1. The summed E-state index contributed by atoms with van der Waals surface area (Å²) >= 11 is 0. The minimum Gasteiger partial charge on any atom is -0.467 e. The number of aliphatic hydroxyl groups is 1. The molecular formula is C21H38N2O5. The molecule has 0 aromatic heterocycles. The van der Waals surface area contributed by atoms with Gasteiger partial charge in [0.25, 0.3) is 0 Å². The van der Waals surface area contributed by atoms with Crippen LogP contribution >= 0.6 is 0 Å². The second kappa shape index (κ2) is 10.8. The van der Waals surface area contributed by atoms with Crippen molar-refractivity contribution >= 4 is 17.8 Å². The van der Waals surface area contributed by atoms with Crippen molar-refractivity contribution in [3.8, 4) is 0 Å². The normalized spacial score (nSPS) is 18.9. The van der Waals surface area contributed by atoms with Gasteiger partial charge in [-0.3, -0.25) is 9.59 Å². The fraction of sp³-hybridized carbons (Fsp3) is 0.857. The zero-order valence-corrected chi connectivity index (χ0v) is 18.2. The molecule has 1 rings (SSSR count). The lowest BCUT2D eigenvalue weighted by Crippen LogP contribution is -2.57. The Balaban J connectivity index is 2.93. The minimum atomic E-state index is -1.56. The summed E-state index contributed by atoms with van der Waals surface area (Å²) in [4.78, 5) is 37.6. The Morgan fingerprint density at radius 3 is 2.11 bits per heavy atom. The standard InChI is InChI=1S/C21H38N2O5/c1-13(2)12-15(16(24)20(27)28-6)18(25)23-17(21(3,4)5)19(26)22-14-10-8-7-9-11-14/h13-17,24H,7-12H2,1-6H3,(H,22,26)(H,23,25)/t15-,16+,17?/m1/s1. The first-order valence-corrected chi connectivity index (χ1v) is 10.3. The van der Waals surface area contributed by atoms with Crippen molar-refractivity contribution in [2.24, 2.45) is 17.3 Å². The molecule has 1 saturated carbocycles. The zero-order chi connectivity index (χ0) is 21.5. The molecule has 3 N–H and O–H groups in total. The van der Waals surface area contributed by atoms with Crippen molar-refractivity contribution in [3.05, 3.63) is 0 Å². The molecule has 1 aliphatic carbocycles. The van der Waals surface area contributed by atoms with E-state index in [0.717, 1.165) is 25.7 Å². The highest BCUT2D eigenvalue weighted by Crippen LogP contribution is 2.24. The van der Waals surface area contributed by atoms with Crippen LogP contribution in [-0.4, -0.2) is 48.2 Å². The Kier molecular flexibility index (Phi) is 9.40. The van der Waals surface area contributed by atoms with Gasteiger partial charge in [0.2, 0.25) is 11.8 Å². The number of hydrogen-bond donors (Lipinski definition) is 3. The highest BCUT2D eigenvalue weighted by molar-refractivity contribution is 5.91.